The van der Waals surface area contributed by atoms with Crippen molar-refractivity contribution in [3.05, 3.63) is 29.8 Å². The Morgan fingerprint density at radius 2 is 2.14 bits per heavy atom. The molecule has 21 heavy (non-hydrogen) atoms. The molecule has 1 aromatic rings. The molecule has 1 atom stereocenters. The van der Waals surface area contributed by atoms with Gasteiger partial charge in [-0.05, 0) is 37.6 Å². The number of likely N-dealkylation sites (N-methyl/N-ethyl adjacent to an activating group) is 1. The second-order valence-electron chi connectivity index (χ2n) is 5.14. The Balaban J connectivity index is 1.93. The van der Waals surface area contributed by atoms with Crippen LogP contribution >= 0.6 is 0 Å². The van der Waals surface area contributed by atoms with Gasteiger partial charge in [0.05, 0.1) is 6.42 Å². The number of halogens is 2. The molecule has 0 spiro atoms. The first kappa shape index (κ1) is 15.7. The summed E-state index contributed by atoms with van der Waals surface area (Å²) in [6, 6.07) is 6.48. The van der Waals surface area contributed by atoms with Gasteiger partial charge in [0, 0.05) is 19.1 Å². The highest BCUT2D eigenvalue weighted by Crippen LogP contribution is 2.19. The van der Waals surface area contributed by atoms with E-state index in [4.69, 9.17) is 0 Å². The van der Waals surface area contributed by atoms with Crippen LogP contribution < -0.4 is 10.1 Å². The first-order chi connectivity index (χ1) is 10.1. The number of nitrogens with one attached hydrogen (secondary N) is 1. The van der Waals surface area contributed by atoms with Crippen LogP contribution in [-0.4, -0.2) is 43.6 Å². The Labute approximate surface area is 123 Å². The second-order valence-corrected chi connectivity index (χ2v) is 5.14. The molecule has 0 aliphatic carbocycles. The van der Waals surface area contributed by atoms with E-state index in [1.165, 1.54) is 12.1 Å². The number of nitrogens with zero attached hydrogens (tertiary/aromatic N) is 1. The van der Waals surface area contributed by atoms with Gasteiger partial charge in [0.15, 0.2) is 0 Å². The van der Waals surface area contributed by atoms with Gasteiger partial charge >= 0.3 is 6.61 Å². The second kappa shape index (κ2) is 7.36. The molecular weight excluding hydrogens is 278 g/mol. The standard InChI is InChI=1S/C15H20F2N2O2/c1-18-10-12-3-2-8-19(12)14(20)9-11-4-6-13(7-5-11)21-15(16)17/h4-7,12,15,18H,2-3,8-10H2,1H3. The SMILES string of the molecule is CNCC1CCCN1C(=O)Cc1ccc(OC(F)F)cc1. The Kier molecular flexibility index (Phi) is 5.50. The van der Waals surface area contributed by atoms with Crippen molar-refractivity contribution in [1.29, 1.82) is 0 Å². The topological polar surface area (TPSA) is 41.6 Å². The minimum Gasteiger partial charge on any atom is -0.435 e. The van der Waals surface area contributed by atoms with Gasteiger partial charge in [0.25, 0.3) is 0 Å². The van der Waals surface area contributed by atoms with Gasteiger partial charge in [-0.15, -0.1) is 0 Å². The molecule has 1 unspecified atom stereocenters. The van der Waals surface area contributed by atoms with Gasteiger partial charge in [-0.1, -0.05) is 12.1 Å². The zero-order chi connectivity index (χ0) is 15.2. The van der Waals surface area contributed by atoms with Crippen LogP contribution in [0.3, 0.4) is 0 Å². The maximum atomic E-state index is 12.3. The van der Waals surface area contributed by atoms with Gasteiger partial charge < -0.3 is 15.0 Å². The van der Waals surface area contributed by atoms with Crippen molar-refractivity contribution in [3.8, 4) is 5.75 Å². The fourth-order valence-electron chi connectivity index (χ4n) is 2.68. The van der Waals surface area contributed by atoms with Crippen LogP contribution in [0.15, 0.2) is 24.3 Å². The first-order valence-electron chi connectivity index (χ1n) is 7.08. The number of hydrogen-bond donors (Lipinski definition) is 1. The molecule has 0 radical (unpaired) electrons. The number of carbonyl (C=O) groups excluding carboxylic acids is 1. The Morgan fingerprint density at radius 1 is 1.43 bits per heavy atom. The van der Waals surface area contributed by atoms with E-state index >= 15 is 0 Å². The van der Waals surface area contributed by atoms with Crippen LogP contribution in [0, 0.1) is 0 Å². The molecule has 0 aromatic heterocycles. The summed E-state index contributed by atoms with van der Waals surface area (Å²) in [6.07, 6.45) is 2.34. The summed E-state index contributed by atoms with van der Waals surface area (Å²) in [7, 11) is 1.88. The summed E-state index contributed by atoms with van der Waals surface area (Å²) in [6.45, 7) is -1.24. The molecule has 2 rings (SSSR count). The number of benzene rings is 1. The van der Waals surface area contributed by atoms with Crippen molar-refractivity contribution in [1.82, 2.24) is 10.2 Å². The van der Waals surface area contributed by atoms with Crippen LogP contribution in [0.25, 0.3) is 0 Å². The van der Waals surface area contributed by atoms with Gasteiger partial charge in [0.1, 0.15) is 5.75 Å². The fourth-order valence-corrected chi connectivity index (χ4v) is 2.68. The maximum absolute atomic E-state index is 12.3. The number of alkyl halides is 2. The number of rotatable bonds is 6. The van der Waals surface area contributed by atoms with E-state index in [2.05, 4.69) is 10.1 Å². The lowest BCUT2D eigenvalue weighted by Crippen LogP contribution is -2.41. The summed E-state index contributed by atoms with van der Waals surface area (Å²) in [5.41, 5.74) is 0.803. The zero-order valence-electron chi connectivity index (χ0n) is 12.0. The normalized spacial score (nSPS) is 18.3. The van der Waals surface area contributed by atoms with Gasteiger partial charge in [-0.2, -0.15) is 8.78 Å². The van der Waals surface area contributed by atoms with E-state index < -0.39 is 6.61 Å². The maximum Gasteiger partial charge on any atom is 0.387 e. The minimum absolute atomic E-state index is 0.0790. The highest BCUT2D eigenvalue weighted by molar-refractivity contribution is 5.79. The van der Waals surface area contributed by atoms with Crippen LogP contribution in [0.1, 0.15) is 18.4 Å². The third-order valence-corrected chi connectivity index (χ3v) is 3.64. The molecule has 1 aliphatic heterocycles. The molecule has 116 valence electrons. The predicted molar refractivity (Wildman–Crippen MR) is 75.4 cm³/mol. The minimum atomic E-state index is -2.83. The first-order valence-corrected chi connectivity index (χ1v) is 7.08. The predicted octanol–water partition coefficient (Wildman–Crippen LogP) is 2.04. The summed E-state index contributed by atoms with van der Waals surface area (Å²) in [5, 5.41) is 3.10. The van der Waals surface area contributed by atoms with E-state index in [1.54, 1.807) is 12.1 Å². The Morgan fingerprint density at radius 3 is 2.76 bits per heavy atom. The molecular formula is C15H20F2N2O2. The highest BCUT2D eigenvalue weighted by atomic mass is 19.3. The zero-order valence-corrected chi connectivity index (χ0v) is 12.0. The lowest BCUT2D eigenvalue weighted by atomic mass is 10.1. The largest absolute Gasteiger partial charge is 0.435 e. The van der Waals surface area contributed by atoms with Crippen molar-refractivity contribution < 1.29 is 18.3 Å². The average Bonchev–Trinajstić information content (AvgIpc) is 2.89. The number of hydrogen-bond acceptors (Lipinski definition) is 3. The van der Waals surface area contributed by atoms with E-state index in [1.807, 2.05) is 11.9 Å². The molecule has 0 bridgehead atoms. The lowest BCUT2D eigenvalue weighted by Gasteiger charge is -2.24. The average molecular weight is 298 g/mol. The van der Waals surface area contributed by atoms with Crippen molar-refractivity contribution in [3.63, 3.8) is 0 Å². The van der Waals surface area contributed by atoms with Crippen LogP contribution in [0.5, 0.6) is 5.75 Å². The third-order valence-electron chi connectivity index (χ3n) is 3.64. The van der Waals surface area contributed by atoms with E-state index in [9.17, 15) is 13.6 Å². The summed E-state index contributed by atoms with van der Waals surface area (Å²) < 4.78 is 28.4. The molecule has 6 heteroatoms. The molecule has 1 aromatic carbocycles. The van der Waals surface area contributed by atoms with Crippen LogP contribution in [-0.2, 0) is 11.2 Å². The van der Waals surface area contributed by atoms with E-state index in [0.29, 0.717) is 0 Å². The van der Waals surface area contributed by atoms with Crippen LogP contribution in [0.4, 0.5) is 8.78 Å². The monoisotopic (exact) mass is 298 g/mol. The number of amides is 1. The smallest absolute Gasteiger partial charge is 0.387 e. The molecule has 1 heterocycles. The molecule has 1 amide bonds. The van der Waals surface area contributed by atoms with Crippen molar-refractivity contribution in [2.24, 2.45) is 0 Å². The number of ether oxygens (including phenoxy) is 1. The number of carbonyl (C=O) groups is 1. The molecule has 4 nitrogen and oxygen atoms in total. The van der Waals surface area contributed by atoms with Gasteiger partial charge in [0.2, 0.25) is 5.91 Å². The fraction of sp³-hybridized carbons (Fsp3) is 0.533. The molecule has 1 N–H and O–H groups in total. The third kappa shape index (κ3) is 4.39. The summed E-state index contributed by atoms with van der Waals surface area (Å²) in [4.78, 5) is 14.2. The summed E-state index contributed by atoms with van der Waals surface area (Å²) in [5.74, 6) is 0.186. The molecule has 1 fully saturated rings. The Bertz CT molecular complexity index is 465. The van der Waals surface area contributed by atoms with Gasteiger partial charge in [-0.3, -0.25) is 4.79 Å². The molecule has 1 aliphatic rings. The summed E-state index contributed by atoms with van der Waals surface area (Å²) >= 11 is 0. The van der Waals surface area contributed by atoms with Gasteiger partial charge in [-0.25, -0.2) is 0 Å². The molecule has 1 saturated heterocycles. The van der Waals surface area contributed by atoms with Crippen molar-refractivity contribution >= 4 is 5.91 Å². The molecule has 0 saturated carbocycles. The lowest BCUT2D eigenvalue weighted by molar-refractivity contribution is -0.131. The van der Waals surface area contributed by atoms with E-state index in [-0.39, 0.29) is 24.1 Å². The number of likely N-dealkylation sites (tertiary alicyclic amines) is 1. The Hall–Kier alpha value is -1.69. The van der Waals surface area contributed by atoms with Crippen molar-refractivity contribution in [2.75, 3.05) is 20.1 Å². The van der Waals surface area contributed by atoms with E-state index in [0.717, 1.165) is 31.5 Å². The van der Waals surface area contributed by atoms with Crippen molar-refractivity contribution in [2.45, 2.75) is 31.9 Å². The highest BCUT2D eigenvalue weighted by Gasteiger charge is 2.27. The quantitative estimate of drug-likeness (QED) is 0.874. The van der Waals surface area contributed by atoms with Crippen LogP contribution in [0.2, 0.25) is 0 Å².